The van der Waals surface area contributed by atoms with E-state index in [1.54, 1.807) is 42.5 Å². The second-order valence-corrected chi connectivity index (χ2v) is 6.72. The molecule has 0 atom stereocenters. The van der Waals surface area contributed by atoms with Crippen molar-refractivity contribution >= 4 is 17.4 Å². The Morgan fingerprint density at radius 3 is 2.39 bits per heavy atom. The van der Waals surface area contributed by atoms with Crippen molar-refractivity contribution in [3.63, 3.8) is 0 Å². The molecule has 0 radical (unpaired) electrons. The van der Waals surface area contributed by atoms with Gasteiger partial charge in [0.25, 0.3) is 5.91 Å². The number of ketones is 1. The zero-order chi connectivity index (χ0) is 19.7. The van der Waals surface area contributed by atoms with Gasteiger partial charge < -0.3 is 14.8 Å². The van der Waals surface area contributed by atoms with Gasteiger partial charge in [-0.05, 0) is 43.7 Å². The van der Waals surface area contributed by atoms with Crippen LogP contribution in [-0.2, 0) is 0 Å². The highest BCUT2D eigenvalue weighted by Crippen LogP contribution is 2.34. The van der Waals surface area contributed by atoms with E-state index in [0.717, 1.165) is 11.1 Å². The van der Waals surface area contributed by atoms with Crippen LogP contribution in [0.5, 0.6) is 11.5 Å². The zero-order valence-corrected chi connectivity index (χ0v) is 15.6. The third kappa shape index (κ3) is 3.34. The number of nitrogens with one attached hydrogen (secondary N) is 1. The molecule has 0 spiro atoms. The van der Waals surface area contributed by atoms with Crippen LogP contribution in [0.2, 0.25) is 0 Å². The van der Waals surface area contributed by atoms with Gasteiger partial charge in [0, 0.05) is 22.9 Å². The number of benzene rings is 3. The van der Waals surface area contributed by atoms with Crippen LogP contribution < -0.4 is 14.8 Å². The summed E-state index contributed by atoms with van der Waals surface area (Å²) in [5, 5.41) is 2.83. The summed E-state index contributed by atoms with van der Waals surface area (Å²) in [7, 11) is 0. The van der Waals surface area contributed by atoms with Gasteiger partial charge in [0.05, 0.1) is 5.56 Å². The van der Waals surface area contributed by atoms with E-state index in [-0.39, 0.29) is 18.5 Å². The summed E-state index contributed by atoms with van der Waals surface area (Å²) in [4.78, 5) is 26.0. The van der Waals surface area contributed by atoms with Crippen molar-refractivity contribution in [2.24, 2.45) is 0 Å². The topological polar surface area (TPSA) is 64.6 Å². The second kappa shape index (κ2) is 7.19. The number of carbonyl (C=O) groups is 2. The number of aryl methyl sites for hydroxylation is 2. The zero-order valence-electron chi connectivity index (χ0n) is 15.6. The van der Waals surface area contributed by atoms with Gasteiger partial charge in [-0.1, -0.05) is 35.9 Å². The molecule has 1 aliphatic rings. The molecule has 0 aromatic heterocycles. The highest BCUT2D eigenvalue weighted by Gasteiger charge is 2.20. The molecule has 28 heavy (non-hydrogen) atoms. The molecular weight excluding hydrogens is 354 g/mol. The van der Waals surface area contributed by atoms with Gasteiger partial charge in [-0.25, -0.2) is 0 Å². The molecule has 4 rings (SSSR count). The van der Waals surface area contributed by atoms with E-state index in [9.17, 15) is 9.59 Å². The van der Waals surface area contributed by atoms with Crippen molar-refractivity contribution in [1.29, 1.82) is 0 Å². The van der Waals surface area contributed by atoms with Crippen molar-refractivity contribution < 1.29 is 19.1 Å². The van der Waals surface area contributed by atoms with Crippen molar-refractivity contribution in [2.75, 3.05) is 12.1 Å². The lowest BCUT2D eigenvalue weighted by atomic mass is 9.94. The van der Waals surface area contributed by atoms with Gasteiger partial charge in [0.2, 0.25) is 6.79 Å². The van der Waals surface area contributed by atoms with Gasteiger partial charge in [0.1, 0.15) is 0 Å². The van der Waals surface area contributed by atoms with Crippen LogP contribution in [-0.4, -0.2) is 18.5 Å². The summed E-state index contributed by atoms with van der Waals surface area (Å²) >= 11 is 0. The average molecular weight is 373 g/mol. The first kappa shape index (κ1) is 17.8. The number of carbonyl (C=O) groups excluding carboxylic acids is 2. The first-order valence-electron chi connectivity index (χ1n) is 8.95. The van der Waals surface area contributed by atoms with E-state index in [0.29, 0.717) is 33.9 Å². The smallest absolute Gasteiger partial charge is 0.256 e. The maximum Gasteiger partial charge on any atom is 0.256 e. The van der Waals surface area contributed by atoms with E-state index < -0.39 is 0 Å². The fourth-order valence-corrected chi connectivity index (χ4v) is 3.18. The van der Waals surface area contributed by atoms with Crippen LogP contribution in [0.3, 0.4) is 0 Å². The van der Waals surface area contributed by atoms with E-state index in [1.807, 2.05) is 32.0 Å². The lowest BCUT2D eigenvalue weighted by Crippen LogP contribution is -2.17. The maximum atomic E-state index is 13.1. The summed E-state index contributed by atoms with van der Waals surface area (Å²) in [6, 6.07) is 17.7. The van der Waals surface area contributed by atoms with Crippen molar-refractivity contribution in [1.82, 2.24) is 0 Å². The van der Waals surface area contributed by atoms with Crippen molar-refractivity contribution in [3.8, 4) is 11.5 Å². The summed E-state index contributed by atoms with van der Waals surface area (Å²) in [6.07, 6.45) is 0. The molecule has 1 heterocycles. The molecule has 140 valence electrons. The Balaban J connectivity index is 1.65. The third-order valence-electron chi connectivity index (χ3n) is 4.68. The first-order chi connectivity index (χ1) is 13.5. The Hall–Kier alpha value is -3.60. The number of hydrogen-bond acceptors (Lipinski definition) is 4. The number of ether oxygens (including phenoxy) is 2. The molecule has 1 N–H and O–H groups in total. The Kier molecular flexibility index (Phi) is 4.57. The van der Waals surface area contributed by atoms with Gasteiger partial charge >= 0.3 is 0 Å². The molecule has 0 bridgehead atoms. The van der Waals surface area contributed by atoms with E-state index in [4.69, 9.17) is 9.47 Å². The van der Waals surface area contributed by atoms with Crippen LogP contribution in [0.15, 0.2) is 60.7 Å². The predicted octanol–water partition coefficient (Wildman–Crippen LogP) is 4.52. The first-order valence-corrected chi connectivity index (χ1v) is 8.95. The summed E-state index contributed by atoms with van der Waals surface area (Å²) < 4.78 is 10.6. The third-order valence-corrected chi connectivity index (χ3v) is 4.68. The van der Waals surface area contributed by atoms with Crippen LogP contribution in [0, 0.1) is 13.8 Å². The quantitative estimate of drug-likeness (QED) is 0.683. The van der Waals surface area contributed by atoms with Crippen molar-refractivity contribution in [3.05, 3.63) is 88.5 Å². The van der Waals surface area contributed by atoms with Crippen LogP contribution in [0.1, 0.15) is 37.4 Å². The highest BCUT2D eigenvalue weighted by atomic mass is 16.7. The minimum atomic E-state index is -0.354. The van der Waals surface area contributed by atoms with Gasteiger partial charge in [0.15, 0.2) is 17.3 Å². The fourth-order valence-electron chi connectivity index (χ4n) is 3.18. The van der Waals surface area contributed by atoms with Gasteiger partial charge in [-0.3, -0.25) is 9.59 Å². The summed E-state index contributed by atoms with van der Waals surface area (Å²) in [5.41, 5.74) is 3.74. The molecule has 0 saturated carbocycles. The summed E-state index contributed by atoms with van der Waals surface area (Å²) in [6.45, 7) is 4.00. The minimum absolute atomic E-state index is 0.167. The standard InChI is InChI=1S/C23H19NO4/c1-14-7-8-15(2)19(11-14)22(25)17-5-3-4-6-18(17)23(26)24-16-9-10-20-21(12-16)28-13-27-20/h3-12H,13H2,1-2H3,(H,24,26). The Morgan fingerprint density at radius 1 is 0.821 bits per heavy atom. The Morgan fingerprint density at radius 2 is 1.57 bits per heavy atom. The van der Waals surface area contributed by atoms with Crippen LogP contribution >= 0.6 is 0 Å². The number of amides is 1. The normalized spacial score (nSPS) is 11.9. The molecule has 5 nitrogen and oxygen atoms in total. The molecular formula is C23H19NO4. The number of anilines is 1. The molecule has 3 aromatic rings. The lowest BCUT2D eigenvalue weighted by molar-refractivity contribution is 0.0996. The molecule has 1 amide bonds. The van der Waals surface area contributed by atoms with E-state index in [2.05, 4.69) is 5.32 Å². The SMILES string of the molecule is Cc1ccc(C)c(C(=O)c2ccccc2C(=O)Nc2ccc3c(c2)OCO3)c1. The molecule has 0 fully saturated rings. The number of hydrogen-bond donors (Lipinski definition) is 1. The molecule has 0 aliphatic carbocycles. The van der Waals surface area contributed by atoms with Crippen LogP contribution in [0.4, 0.5) is 5.69 Å². The predicted molar refractivity (Wildman–Crippen MR) is 106 cm³/mol. The Labute approximate surface area is 162 Å². The van der Waals surface area contributed by atoms with Crippen LogP contribution in [0.25, 0.3) is 0 Å². The summed E-state index contributed by atoms with van der Waals surface area (Å²) in [5.74, 6) is 0.701. The molecule has 1 aliphatic heterocycles. The average Bonchev–Trinajstić information content (AvgIpc) is 3.17. The number of fused-ring (bicyclic) bond motifs is 1. The van der Waals surface area contributed by atoms with E-state index >= 15 is 0 Å². The lowest BCUT2D eigenvalue weighted by Gasteiger charge is -2.12. The fraction of sp³-hybridized carbons (Fsp3) is 0.130. The maximum absolute atomic E-state index is 13.1. The van der Waals surface area contributed by atoms with Gasteiger partial charge in [-0.2, -0.15) is 0 Å². The minimum Gasteiger partial charge on any atom is -0.454 e. The second-order valence-electron chi connectivity index (χ2n) is 6.72. The Bertz CT molecular complexity index is 1090. The van der Waals surface area contributed by atoms with Gasteiger partial charge in [-0.15, -0.1) is 0 Å². The molecule has 5 heteroatoms. The largest absolute Gasteiger partial charge is 0.454 e. The molecule has 3 aromatic carbocycles. The highest BCUT2D eigenvalue weighted by molar-refractivity contribution is 6.18. The number of rotatable bonds is 4. The van der Waals surface area contributed by atoms with E-state index in [1.165, 1.54) is 0 Å². The monoisotopic (exact) mass is 373 g/mol. The molecule has 0 unspecified atom stereocenters. The molecule has 0 saturated heterocycles. The van der Waals surface area contributed by atoms with Crippen molar-refractivity contribution in [2.45, 2.75) is 13.8 Å².